The Morgan fingerprint density at radius 1 is 0.542 bits per heavy atom. The van der Waals surface area contributed by atoms with Crippen LogP contribution in [0.25, 0.3) is 45.0 Å². The Balaban J connectivity index is 1.08. The van der Waals surface area contributed by atoms with Crippen LogP contribution < -0.4 is 0 Å². The molecule has 3 heteroatoms. The summed E-state index contributed by atoms with van der Waals surface area (Å²) in [6.45, 7) is 0. The Hall–Kier alpha value is -5.93. The van der Waals surface area contributed by atoms with Crippen molar-refractivity contribution >= 4 is 0 Å². The van der Waals surface area contributed by atoms with E-state index < -0.39 is 0 Å². The molecular weight excluding hydrogens is 583 g/mol. The number of fused-ring (bicyclic) bond motifs is 6. The SMILES string of the molecule is C1=CCC(c2ccccc2-c2ncnc(-c3cccc(-c4ccccc4)c3)n2)C(C2=CC3c4ccccc4-c4ccccc4C3C=C2)=C1. The van der Waals surface area contributed by atoms with E-state index in [1.165, 1.54) is 44.5 Å². The molecule has 0 aliphatic heterocycles. The first-order valence-electron chi connectivity index (χ1n) is 16.7. The summed E-state index contributed by atoms with van der Waals surface area (Å²) in [5.74, 6) is 2.16. The molecule has 0 N–H and O–H groups in total. The number of nitrogens with zero attached hydrogens (tertiary/aromatic N) is 3. The van der Waals surface area contributed by atoms with Gasteiger partial charge in [-0.15, -0.1) is 0 Å². The van der Waals surface area contributed by atoms with E-state index in [9.17, 15) is 0 Å². The Labute approximate surface area is 281 Å². The van der Waals surface area contributed by atoms with Gasteiger partial charge in [-0.25, -0.2) is 15.0 Å². The van der Waals surface area contributed by atoms with Crippen LogP contribution >= 0.6 is 0 Å². The van der Waals surface area contributed by atoms with Crippen LogP contribution in [0.5, 0.6) is 0 Å². The smallest absolute Gasteiger partial charge is 0.163 e. The third kappa shape index (κ3) is 4.96. The molecule has 0 fully saturated rings. The molecule has 3 aliphatic carbocycles. The molecule has 48 heavy (non-hydrogen) atoms. The number of benzene rings is 5. The number of hydrogen-bond acceptors (Lipinski definition) is 3. The minimum Gasteiger partial charge on any atom is -0.217 e. The van der Waals surface area contributed by atoms with Gasteiger partial charge in [0.15, 0.2) is 11.6 Å². The van der Waals surface area contributed by atoms with E-state index in [0.29, 0.717) is 17.6 Å². The third-order valence-corrected chi connectivity index (χ3v) is 10.0. The molecule has 3 aliphatic rings. The Bertz CT molecular complexity index is 2290. The molecule has 5 aromatic carbocycles. The minimum atomic E-state index is 0.173. The van der Waals surface area contributed by atoms with Gasteiger partial charge in [0.25, 0.3) is 0 Å². The summed E-state index contributed by atoms with van der Waals surface area (Å²) in [5.41, 5.74) is 13.7. The van der Waals surface area contributed by atoms with Gasteiger partial charge >= 0.3 is 0 Å². The quantitative estimate of drug-likeness (QED) is 0.194. The molecule has 6 aromatic rings. The molecule has 1 heterocycles. The van der Waals surface area contributed by atoms with Gasteiger partial charge in [-0.1, -0.05) is 158 Å². The molecule has 3 atom stereocenters. The fourth-order valence-corrected chi connectivity index (χ4v) is 7.78. The third-order valence-electron chi connectivity index (χ3n) is 10.0. The Morgan fingerprint density at radius 3 is 2.00 bits per heavy atom. The minimum absolute atomic E-state index is 0.173. The molecule has 0 saturated heterocycles. The molecule has 0 bridgehead atoms. The van der Waals surface area contributed by atoms with Gasteiger partial charge in [-0.05, 0) is 62.6 Å². The second-order valence-corrected chi connectivity index (χ2v) is 12.7. The molecule has 0 saturated carbocycles. The first-order chi connectivity index (χ1) is 23.8. The Morgan fingerprint density at radius 2 is 1.19 bits per heavy atom. The van der Waals surface area contributed by atoms with Gasteiger partial charge < -0.3 is 0 Å². The summed E-state index contributed by atoms with van der Waals surface area (Å²) >= 11 is 0. The van der Waals surface area contributed by atoms with Crippen molar-refractivity contribution in [2.75, 3.05) is 0 Å². The predicted octanol–water partition coefficient (Wildman–Crippen LogP) is 10.9. The monoisotopic (exact) mass is 615 g/mol. The van der Waals surface area contributed by atoms with Crippen LogP contribution in [0.1, 0.15) is 40.9 Å². The Kier molecular flexibility index (Phi) is 7.09. The van der Waals surface area contributed by atoms with Gasteiger partial charge in [-0.2, -0.15) is 0 Å². The van der Waals surface area contributed by atoms with Gasteiger partial charge in [0.05, 0.1) is 0 Å². The molecule has 1 aromatic heterocycles. The second kappa shape index (κ2) is 12.0. The summed E-state index contributed by atoms with van der Waals surface area (Å²) < 4.78 is 0. The van der Waals surface area contributed by atoms with E-state index in [4.69, 9.17) is 9.97 Å². The fourth-order valence-electron chi connectivity index (χ4n) is 7.78. The van der Waals surface area contributed by atoms with Crippen molar-refractivity contribution in [3.8, 4) is 45.0 Å². The fraction of sp³-hybridized carbons (Fsp3) is 0.0889. The topological polar surface area (TPSA) is 38.7 Å². The van der Waals surface area contributed by atoms with Gasteiger partial charge in [0, 0.05) is 28.9 Å². The lowest BCUT2D eigenvalue weighted by molar-refractivity contribution is 0.708. The predicted molar refractivity (Wildman–Crippen MR) is 195 cm³/mol. The van der Waals surface area contributed by atoms with Crippen LogP contribution in [-0.4, -0.2) is 15.0 Å². The zero-order valence-corrected chi connectivity index (χ0v) is 26.4. The molecule has 0 amide bonds. The molecule has 9 rings (SSSR count). The van der Waals surface area contributed by atoms with Crippen molar-refractivity contribution in [3.05, 3.63) is 198 Å². The second-order valence-electron chi connectivity index (χ2n) is 12.7. The van der Waals surface area contributed by atoms with Crippen molar-refractivity contribution in [2.24, 2.45) is 0 Å². The van der Waals surface area contributed by atoms with Crippen molar-refractivity contribution in [2.45, 2.75) is 24.2 Å². The highest BCUT2D eigenvalue weighted by molar-refractivity contribution is 5.78. The first kappa shape index (κ1) is 28.3. The summed E-state index contributed by atoms with van der Waals surface area (Å²) in [6, 6.07) is 45.3. The lowest BCUT2D eigenvalue weighted by atomic mass is 9.67. The van der Waals surface area contributed by atoms with Gasteiger partial charge in [-0.3, -0.25) is 0 Å². The van der Waals surface area contributed by atoms with Gasteiger partial charge in [0.1, 0.15) is 6.33 Å². The van der Waals surface area contributed by atoms with Crippen molar-refractivity contribution in [3.63, 3.8) is 0 Å². The number of aromatic nitrogens is 3. The zero-order chi connectivity index (χ0) is 31.9. The van der Waals surface area contributed by atoms with Crippen molar-refractivity contribution < 1.29 is 0 Å². The molecule has 0 radical (unpaired) electrons. The standard InChI is InChI=1S/C45H33N3/c1-2-13-30(14-3-1)31-15-12-16-33(27-31)44-46-29-47-45(48-44)42-24-11-10-22-39(42)35-18-5-4-17-34(35)32-25-26-41-38-21-7-6-19-36(38)37-20-8-9-23-40(37)43(41)28-32/h1-17,19-29,35,41,43H,18H2. The molecule has 3 unspecified atom stereocenters. The molecule has 3 nitrogen and oxygen atoms in total. The van der Waals surface area contributed by atoms with Crippen LogP contribution in [0.2, 0.25) is 0 Å². The average molecular weight is 616 g/mol. The van der Waals surface area contributed by atoms with Crippen molar-refractivity contribution in [1.29, 1.82) is 0 Å². The zero-order valence-electron chi connectivity index (χ0n) is 26.4. The van der Waals surface area contributed by atoms with E-state index in [0.717, 1.165) is 23.1 Å². The normalized spacial score (nSPS) is 19.0. The van der Waals surface area contributed by atoms with Crippen LogP contribution in [0.15, 0.2) is 181 Å². The lowest BCUT2D eigenvalue weighted by Crippen LogP contribution is -2.19. The lowest BCUT2D eigenvalue weighted by Gasteiger charge is -2.36. The number of allylic oxidation sites excluding steroid dienone is 8. The maximum Gasteiger partial charge on any atom is 0.163 e. The van der Waals surface area contributed by atoms with Crippen LogP contribution in [0.4, 0.5) is 0 Å². The highest BCUT2D eigenvalue weighted by Crippen LogP contribution is 2.51. The first-order valence-corrected chi connectivity index (χ1v) is 16.7. The summed E-state index contributed by atoms with van der Waals surface area (Å²) in [4.78, 5) is 14.4. The average Bonchev–Trinajstić information content (AvgIpc) is 3.18. The van der Waals surface area contributed by atoms with E-state index in [1.807, 2.05) is 6.07 Å². The molecular formula is C45H33N3. The van der Waals surface area contributed by atoms with E-state index in [2.05, 4.69) is 163 Å². The number of rotatable bonds is 5. The van der Waals surface area contributed by atoms with E-state index in [-0.39, 0.29) is 11.8 Å². The van der Waals surface area contributed by atoms with E-state index in [1.54, 1.807) is 6.33 Å². The number of hydrogen-bond donors (Lipinski definition) is 0. The largest absolute Gasteiger partial charge is 0.217 e. The van der Waals surface area contributed by atoms with E-state index >= 15 is 0 Å². The highest BCUT2D eigenvalue weighted by Gasteiger charge is 2.34. The van der Waals surface area contributed by atoms with Crippen LogP contribution in [0, 0.1) is 0 Å². The summed E-state index contributed by atoms with van der Waals surface area (Å²) in [7, 11) is 0. The summed E-state index contributed by atoms with van der Waals surface area (Å²) in [6.07, 6.45) is 16.6. The highest BCUT2D eigenvalue weighted by atomic mass is 15.0. The molecule has 228 valence electrons. The van der Waals surface area contributed by atoms with Crippen molar-refractivity contribution in [1.82, 2.24) is 15.0 Å². The van der Waals surface area contributed by atoms with Crippen LogP contribution in [0.3, 0.4) is 0 Å². The van der Waals surface area contributed by atoms with Gasteiger partial charge in [0.2, 0.25) is 0 Å². The van der Waals surface area contributed by atoms with Crippen LogP contribution in [-0.2, 0) is 0 Å². The molecule has 0 spiro atoms. The maximum atomic E-state index is 5.05. The maximum absolute atomic E-state index is 5.05. The summed E-state index contributed by atoms with van der Waals surface area (Å²) in [5, 5.41) is 0.